The molecule has 3 rings (SSSR count). The number of nitrogens with zero attached hydrogens (tertiary/aromatic N) is 1. The summed E-state index contributed by atoms with van der Waals surface area (Å²) >= 11 is 0. The summed E-state index contributed by atoms with van der Waals surface area (Å²) in [6.07, 6.45) is 6.19. The predicted octanol–water partition coefficient (Wildman–Crippen LogP) is 2.27. The van der Waals surface area contributed by atoms with Crippen LogP contribution >= 0.6 is 0 Å². The second-order valence-electron chi connectivity index (χ2n) is 7.39. The second-order valence-corrected chi connectivity index (χ2v) is 7.39. The van der Waals surface area contributed by atoms with Gasteiger partial charge in [-0.05, 0) is 43.6 Å². The summed E-state index contributed by atoms with van der Waals surface area (Å²) in [5.41, 5.74) is -0.0466. The molecule has 3 aliphatic rings. The Labute approximate surface area is 117 Å². The van der Waals surface area contributed by atoms with Crippen molar-refractivity contribution in [2.45, 2.75) is 46.0 Å². The molecule has 108 valence electrons. The van der Waals surface area contributed by atoms with E-state index in [0.29, 0.717) is 23.7 Å². The van der Waals surface area contributed by atoms with Gasteiger partial charge in [0.2, 0.25) is 5.91 Å². The van der Waals surface area contributed by atoms with Crippen molar-refractivity contribution in [2.75, 3.05) is 26.2 Å². The molecule has 0 aromatic rings. The van der Waals surface area contributed by atoms with Crippen LogP contribution in [0.15, 0.2) is 0 Å². The van der Waals surface area contributed by atoms with Gasteiger partial charge in [-0.3, -0.25) is 4.79 Å². The Hall–Kier alpha value is -0.570. The van der Waals surface area contributed by atoms with Crippen LogP contribution in [0.3, 0.4) is 0 Å². The van der Waals surface area contributed by atoms with Crippen LogP contribution in [0.4, 0.5) is 0 Å². The van der Waals surface area contributed by atoms with E-state index in [4.69, 9.17) is 0 Å². The zero-order valence-corrected chi connectivity index (χ0v) is 12.5. The Bertz CT molecular complexity index is 347. The largest absolute Gasteiger partial charge is 0.342 e. The van der Waals surface area contributed by atoms with Crippen LogP contribution in [0.25, 0.3) is 0 Å². The maximum absolute atomic E-state index is 13.1. The van der Waals surface area contributed by atoms with Crippen molar-refractivity contribution in [2.24, 2.45) is 23.2 Å². The van der Waals surface area contributed by atoms with Gasteiger partial charge in [0, 0.05) is 19.6 Å². The molecular formula is C16H28N2O. The first-order valence-electron chi connectivity index (χ1n) is 8.12. The normalized spacial score (nSPS) is 43.1. The topological polar surface area (TPSA) is 32.3 Å². The van der Waals surface area contributed by atoms with Gasteiger partial charge in [0.05, 0.1) is 5.41 Å². The molecule has 2 heterocycles. The van der Waals surface area contributed by atoms with Gasteiger partial charge in [-0.1, -0.05) is 26.7 Å². The molecule has 1 amide bonds. The Morgan fingerprint density at radius 2 is 1.95 bits per heavy atom. The molecule has 1 N–H and O–H groups in total. The SMILES string of the molecule is CC1CC(C)CN(C(=O)[C@@]23CCCC[C@H]2CNC3)C1. The van der Waals surface area contributed by atoms with Crippen molar-refractivity contribution >= 4 is 5.91 Å². The highest BCUT2D eigenvalue weighted by atomic mass is 16.2. The zero-order valence-electron chi connectivity index (χ0n) is 12.5. The molecular weight excluding hydrogens is 236 g/mol. The molecule has 1 aliphatic carbocycles. The van der Waals surface area contributed by atoms with Gasteiger partial charge in [-0.25, -0.2) is 0 Å². The van der Waals surface area contributed by atoms with E-state index < -0.39 is 0 Å². The number of likely N-dealkylation sites (tertiary alicyclic amines) is 1. The molecule has 1 saturated carbocycles. The molecule has 2 saturated heterocycles. The summed E-state index contributed by atoms with van der Waals surface area (Å²) in [6.45, 7) is 8.54. The summed E-state index contributed by atoms with van der Waals surface area (Å²) in [5.74, 6) is 2.41. The van der Waals surface area contributed by atoms with Gasteiger partial charge in [-0.2, -0.15) is 0 Å². The number of carbonyl (C=O) groups is 1. The third kappa shape index (κ3) is 2.31. The van der Waals surface area contributed by atoms with E-state index in [0.717, 1.165) is 32.6 Å². The van der Waals surface area contributed by atoms with Crippen molar-refractivity contribution in [1.29, 1.82) is 0 Å². The van der Waals surface area contributed by atoms with Crippen LogP contribution in [-0.4, -0.2) is 37.0 Å². The molecule has 0 aromatic carbocycles. The lowest BCUT2D eigenvalue weighted by Crippen LogP contribution is -2.53. The number of hydrogen-bond acceptors (Lipinski definition) is 2. The summed E-state index contributed by atoms with van der Waals surface area (Å²) in [6, 6.07) is 0. The smallest absolute Gasteiger partial charge is 0.230 e. The van der Waals surface area contributed by atoms with E-state index in [1.807, 2.05) is 0 Å². The Morgan fingerprint density at radius 1 is 1.21 bits per heavy atom. The lowest BCUT2D eigenvalue weighted by Gasteiger charge is -2.44. The molecule has 0 bridgehead atoms. The quantitative estimate of drug-likeness (QED) is 0.788. The Balaban J connectivity index is 1.78. The molecule has 3 nitrogen and oxygen atoms in total. The third-order valence-corrected chi connectivity index (χ3v) is 5.62. The Morgan fingerprint density at radius 3 is 2.68 bits per heavy atom. The number of carbonyl (C=O) groups excluding carboxylic acids is 1. The number of fused-ring (bicyclic) bond motifs is 1. The fraction of sp³-hybridized carbons (Fsp3) is 0.938. The monoisotopic (exact) mass is 264 g/mol. The van der Waals surface area contributed by atoms with Crippen molar-refractivity contribution in [1.82, 2.24) is 10.2 Å². The molecule has 2 aliphatic heterocycles. The van der Waals surface area contributed by atoms with E-state index in [-0.39, 0.29) is 5.41 Å². The van der Waals surface area contributed by atoms with Gasteiger partial charge in [-0.15, -0.1) is 0 Å². The van der Waals surface area contributed by atoms with E-state index >= 15 is 0 Å². The van der Waals surface area contributed by atoms with E-state index in [1.54, 1.807) is 0 Å². The minimum absolute atomic E-state index is 0.0466. The molecule has 0 spiro atoms. The van der Waals surface area contributed by atoms with Crippen LogP contribution < -0.4 is 5.32 Å². The molecule has 0 aromatic heterocycles. The molecule has 3 fully saturated rings. The van der Waals surface area contributed by atoms with Crippen molar-refractivity contribution in [3.63, 3.8) is 0 Å². The van der Waals surface area contributed by atoms with Crippen LogP contribution in [0.2, 0.25) is 0 Å². The lowest BCUT2D eigenvalue weighted by molar-refractivity contribution is -0.148. The highest BCUT2D eigenvalue weighted by Gasteiger charge is 2.51. The maximum Gasteiger partial charge on any atom is 0.230 e. The zero-order chi connectivity index (χ0) is 13.5. The lowest BCUT2D eigenvalue weighted by atomic mass is 9.67. The summed E-state index contributed by atoms with van der Waals surface area (Å²) < 4.78 is 0. The number of piperidine rings is 1. The molecule has 2 unspecified atom stereocenters. The minimum atomic E-state index is -0.0466. The standard InChI is InChI=1S/C16H28N2O/c1-12-7-13(2)10-18(9-12)15(19)16-6-4-3-5-14(16)8-17-11-16/h12-14,17H,3-11H2,1-2H3/t12?,13?,14-,16+/m0/s1. The van der Waals surface area contributed by atoms with E-state index in [1.165, 1.54) is 25.7 Å². The van der Waals surface area contributed by atoms with Gasteiger partial charge >= 0.3 is 0 Å². The number of rotatable bonds is 1. The second kappa shape index (κ2) is 5.08. The first kappa shape index (κ1) is 13.4. The van der Waals surface area contributed by atoms with E-state index in [9.17, 15) is 4.79 Å². The number of amides is 1. The van der Waals surface area contributed by atoms with Crippen LogP contribution in [-0.2, 0) is 4.79 Å². The fourth-order valence-corrected chi connectivity index (χ4v) is 4.81. The van der Waals surface area contributed by atoms with Crippen molar-refractivity contribution in [3.8, 4) is 0 Å². The average Bonchev–Trinajstić information content (AvgIpc) is 2.81. The van der Waals surface area contributed by atoms with Gasteiger partial charge in [0.25, 0.3) is 0 Å². The average molecular weight is 264 g/mol. The van der Waals surface area contributed by atoms with Gasteiger partial charge in [0.1, 0.15) is 0 Å². The number of hydrogen-bond donors (Lipinski definition) is 1. The molecule has 19 heavy (non-hydrogen) atoms. The molecule has 4 atom stereocenters. The van der Waals surface area contributed by atoms with Crippen LogP contribution in [0.1, 0.15) is 46.0 Å². The predicted molar refractivity (Wildman–Crippen MR) is 76.8 cm³/mol. The van der Waals surface area contributed by atoms with Gasteiger partial charge in [0.15, 0.2) is 0 Å². The highest BCUT2D eigenvalue weighted by Crippen LogP contribution is 2.45. The number of nitrogens with one attached hydrogen (secondary N) is 1. The fourth-order valence-electron chi connectivity index (χ4n) is 4.81. The first-order chi connectivity index (χ1) is 9.12. The molecule has 0 radical (unpaired) electrons. The highest BCUT2D eigenvalue weighted by molar-refractivity contribution is 5.84. The van der Waals surface area contributed by atoms with Crippen molar-refractivity contribution < 1.29 is 4.79 Å². The van der Waals surface area contributed by atoms with E-state index in [2.05, 4.69) is 24.1 Å². The third-order valence-electron chi connectivity index (χ3n) is 5.62. The van der Waals surface area contributed by atoms with Gasteiger partial charge < -0.3 is 10.2 Å². The maximum atomic E-state index is 13.1. The first-order valence-corrected chi connectivity index (χ1v) is 8.12. The van der Waals surface area contributed by atoms with Crippen LogP contribution in [0, 0.1) is 23.2 Å². The summed E-state index contributed by atoms with van der Waals surface area (Å²) in [7, 11) is 0. The van der Waals surface area contributed by atoms with Crippen molar-refractivity contribution in [3.05, 3.63) is 0 Å². The summed E-state index contributed by atoms with van der Waals surface area (Å²) in [5, 5.41) is 3.50. The summed E-state index contributed by atoms with van der Waals surface area (Å²) in [4.78, 5) is 15.3. The van der Waals surface area contributed by atoms with Crippen LogP contribution in [0.5, 0.6) is 0 Å². The minimum Gasteiger partial charge on any atom is -0.342 e. The Kier molecular flexibility index (Phi) is 3.59. The molecule has 3 heteroatoms.